The maximum absolute atomic E-state index is 12.3. The largest absolute Gasteiger partial charge is 0.497 e. The normalized spacial score (nSPS) is 21.1. The first-order valence-electron chi connectivity index (χ1n) is 5.68. The van der Waals surface area contributed by atoms with Crippen LogP contribution in [0.3, 0.4) is 0 Å². The Hall–Kier alpha value is -1.64. The van der Waals surface area contributed by atoms with Crippen molar-refractivity contribution in [3.05, 3.63) is 29.3 Å². The van der Waals surface area contributed by atoms with Crippen LogP contribution in [-0.4, -0.2) is 19.2 Å². The van der Waals surface area contributed by atoms with Crippen molar-refractivity contribution in [3.8, 4) is 5.75 Å². The molecule has 1 atom stereocenters. The topological polar surface area (TPSA) is 43.4 Å². The zero-order valence-electron chi connectivity index (χ0n) is 10.3. The fourth-order valence-electron chi connectivity index (χ4n) is 2.62. The van der Waals surface area contributed by atoms with Crippen LogP contribution in [0.5, 0.6) is 5.75 Å². The number of rotatable bonds is 3. The molecule has 0 saturated carbocycles. The summed E-state index contributed by atoms with van der Waals surface area (Å²) in [4.78, 5) is 22.9. The second kappa shape index (κ2) is 3.99. The van der Waals surface area contributed by atoms with E-state index >= 15 is 0 Å². The molecular formula is C14H16O3. The third-order valence-electron chi connectivity index (χ3n) is 3.71. The number of benzene rings is 1. The second-order valence-corrected chi connectivity index (χ2v) is 4.95. The first-order valence-corrected chi connectivity index (χ1v) is 5.68. The van der Waals surface area contributed by atoms with Crippen LogP contribution in [0, 0.1) is 5.92 Å². The highest BCUT2D eigenvalue weighted by molar-refractivity contribution is 6.05. The summed E-state index contributed by atoms with van der Waals surface area (Å²) >= 11 is 0. The SMILES string of the molecule is COc1ccc2c(c1)C(=O)C(CC=O)C2(C)C. The first-order chi connectivity index (χ1) is 8.02. The summed E-state index contributed by atoms with van der Waals surface area (Å²) in [5.74, 6) is 0.484. The Kier molecular flexibility index (Phi) is 2.77. The number of methoxy groups -OCH3 is 1. The Morgan fingerprint density at radius 2 is 2.12 bits per heavy atom. The summed E-state index contributed by atoms with van der Waals surface area (Å²) in [6, 6.07) is 5.55. The highest BCUT2D eigenvalue weighted by atomic mass is 16.5. The minimum atomic E-state index is -0.278. The number of Topliss-reactive ketones (excluding diaryl/α,β-unsaturated/α-hetero) is 1. The third-order valence-corrected chi connectivity index (χ3v) is 3.71. The average molecular weight is 232 g/mol. The summed E-state index contributed by atoms with van der Waals surface area (Å²) in [6.45, 7) is 4.02. The van der Waals surface area contributed by atoms with Gasteiger partial charge in [-0.25, -0.2) is 0 Å². The number of carbonyl (C=O) groups is 2. The number of hydrogen-bond donors (Lipinski definition) is 0. The van der Waals surface area contributed by atoms with Gasteiger partial charge in [-0.3, -0.25) is 4.79 Å². The Labute approximate surface area is 101 Å². The molecule has 1 aromatic rings. The smallest absolute Gasteiger partial charge is 0.167 e. The Morgan fingerprint density at radius 3 is 2.71 bits per heavy atom. The van der Waals surface area contributed by atoms with Gasteiger partial charge in [-0.1, -0.05) is 19.9 Å². The summed E-state index contributed by atoms with van der Waals surface area (Å²) in [5.41, 5.74) is 1.43. The van der Waals surface area contributed by atoms with Crippen molar-refractivity contribution >= 4 is 12.1 Å². The lowest BCUT2D eigenvalue weighted by Gasteiger charge is -2.25. The Balaban J connectivity index is 2.53. The van der Waals surface area contributed by atoms with E-state index in [-0.39, 0.29) is 23.5 Å². The lowest BCUT2D eigenvalue weighted by atomic mass is 9.77. The van der Waals surface area contributed by atoms with Gasteiger partial charge >= 0.3 is 0 Å². The van der Waals surface area contributed by atoms with Crippen LogP contribution in [0.4, 0.5) is 0 Å². The van der Waals surface area contributed by atoms with Crippen LogP contribution in [-0.2, 0) is 10.2 Å². The minimum absolute atomic E-state index is 0.0519. The molecule has 0 amide bonds. The standard InChI is InChI=1S/C14H16O3/c1-14(2)11-5-4-9(17-3)8-10(11)13(16)12(14)6-7-15/h4-5,7-8,12H,6H2,1-3H3. The molecule has 1 aromatic carbocycles. The maximum atomic E-state index is 12.3. The number of ether oxygens (including phenoxy) is 1. The molecule has 0 fully saturated rings. The fraction of sp³-hybridized carbons (Fsp3) is 0.429. The van der Waals surface area contributed by atoms with Crippen LogP contribution >= 0.6 is 0 Å². The van der Waals surface area contributed by atoms with Crippen LogP contribution in [0.25, 0.3) is 0 Å². The van der Waals surface area contributed by atoms with Gasteiger partial charge in [0.15, 0.2) is 5.78 Å². The highest BCUT2D eigenvalue weighted by Gasteiger charge is 2.45. The number of aldehydes is 1. The van der Waals surface area contributed by atoms with E-state index in [1.807, 2.05) is 26.0 Å². The van der Waals surface area contributed by atoms with Crippen molar-refractivity contribution in [2.45, 2.75) is 25.7 Å². The molecule has 2 rings (SSSR count). The van der Waals surface area contributed by atoms with E-state index in [2.05, 4.69) is 0 Å². The molecule has 0 heterocycles. The molecule has 0 aliphatic heterocycles. The number of hydrogen-bond acceptors (Lipinski definition) is 3. The molecule has 0 saturated heterocycles. The lowest BCUT2D eigenvalue weighted by Crippen LogP contribution is -2.27. The molecule has 90 valence electrons. The molecule has 1 unspecified atom stereocenters. The van der Waals surface area contributed by atoms with Crippen LogP contribution in [0.15, 0.2) is 18.2 Å². The van der Waals surface area contributed by atoms with E-state index in [9.17, 15) is 9.59 Å². The predicted molar refractivity (Wildman–Crippen MR) is 64.5 cm³/mol. The number of fused-ring (bicyclic) bond motifs is 1. The van der Waals surface area contributed by atoms with Crippen LogP contribution in [0.2, 0.25) is 0 Å². The summed E-state index contributed by atoms with van der Waals surface area (Å²) in [7, 11) is 1.58. The Morgan fingerprint density at radius 1 is 1.41 bits per heavy atom. The monoisotopic (exact) mass is 232 g/mol. The van der Waals surface area contributed by atoms with Gasteiger partial charge in [0.25, 0.3) is 0 Å². The summed E-state index contributed by atoms with van der Waals surface area (Å²) in [5, 5.41) is 0. The molecule has 3 heteroatoms. The van der Waals surface area contributed by atoms with Crippen LogP contribution in [0.1, 0.15) is 36.2 Å². The van der Waals surface area contributed by atoms with Gasteiger partial charge < -0.3 is 9.53 Å². The quantitative estimate of drug-likeness (QED) is 0.751. The maximum Gasteiger partial charge on any atom is 0.167 e. The van der Waals surface area contributed by atoms with Gasteiger partial charge in [-0.15, -0.1) is 0 Å². The van der Waals surface area contributed by atoms with Gasteiger partial charge in [0.05, 0.1) is 7.11 Å². The molecule has 0 N–H and O–H groups in total. The molecule has 1 aliphatic carbocycles. The van der Waals surface area contributed by atoms with Crippen molar-refractivity contribution in [1.82, 2.24) is 0 Å². The van der Waals surface area contributed by atoms with E-state index in [1.54, 1.807) is 13.2 Å². The minimum Gasteiger partial charge on any atom is -0.497 e. The fourth-order valence-corrected chi connectivity index (χ4v) is 2.62. The molecule has 0 aromatic heterocycles. The van der Waals surface area contributed by atoms with E-state index in [4.69, 9.17) is 4.74 Å². The molecule has 17 heavy (non-hydrogen) atoms. The molecule has 0 radical (unpaired) electrons. The van der Waals surface area contributed by atoms with Gasteiger partial charge in [0.1, 0.15) is 12.0 Å². The molecule has 0 bridgehead atoms. The molecular weight excluding hydrogens is 216 g/mol. The summed E-state index contributed by atoms with van der Waals surface area (Å²) < 4.78 is 5.13. The van der Waals surface area contributed by atoms with Gasteiger partial charge in [-0.2, -0.15) is 0 Å². The van der Waals surface area contributed by atoms with E-state index in [1.165, 1.54) is 0 Å². The lowest BCUT2D eigenvalue weighted by molar-refractivity contribution is -0.108. The van der Waals surface area contributed by atoms with E-state index < -0.39 is 0 Å². The molecule has 3 nitrogen and oxygen atoms in total. The van der Waals surface area contributed by atoms with Gasteiger partial charge in [0, 0.05) is 23.3 Å². The zero-order chi connectivity index (χ0) is 12.6. The Bertz CT molecular complexity index is 474. The third kappa shape index (κ3) is 1.66. The average Bonchev–Trinajstić information content (AvgIpc) is 2.50. The number of carbonyl (C=O) groups excluding carboxylic acids is 2. The predicted octanol–water partition coefficient (Wildman–Crippen LogP) is 2.37. The summed E-state index contributed by atoms with van der Waals surface area (Å²) in [6.07, 6.45) is 1.11. The van der Waals surface area contributed by atoms with Crippen molar-refractivity contribution in [3.63, 3.8) is 0 Å². The van der Waals surface area contributed by atoms with Crippen molar-refractivity contribution in [2.75, 3.05) is 7.11 Å². The van der Waals surface area contributed by atoms with Gasteiger partial charge in [-0.05, 0) is 17.7 Å². The number of ketones is 1. The van der Waals surface area contributed by atoms with Crippen molar-refractivity contribution in [2.24, 2.45) is 5.92 Å². The zero-order valence-corrected chi connectivity index (χ0v) is 10.3. The van der Waals surface area contributed by atoms with E-state index in [0.29, 0.717) is 11.3 Å². The first kappa shape index (κ1) is 11.8. The van der Waals surface area contributed by atoms with Gasteiger partial charge in [0.2, 0.25) is 0 Å². The van der Waals surface area contributed by atoms with E-state index in [0.717, 1.165) is 11.8 Å². The van der Waals surface area contributed by atoms with Crippen LogP contribution < -0.4 is 4.74 Å². The highest BCUT2D eigenvalue weighted by Crippen LogP contribution is 2.45. The molecule has 0 spiro atoms. The second-order valence-electron chi connectivity index (χ2n) is 4.95. The van der Waals surface area contributed by atoms with Crippen molar-refractivity contribution < 1.29 is 14.3 Å². The molecule has 1 aliphatic rings. The van der Waals surface area contributed by atoms with Crippen molar-refractivity contribution in [1.29, 1.82) is 0 Å².